The van der Waals surface area contributed by atoms with Crippen LogP contribution in [0, 0.1) is 6.92 Å². The number of benzene rings is 1. The Morgan fingerprint density at radius 1 is 1.29 bits per heavy atom. The van der Waals surface area contributed by atoms with Crippen molar-refractivity contribution in [1.82, 2.24) is 9.97 Å². The number of nitrogens with zero attached hydrogens (tertiary/aromatic N) is 2. The molecule has 0 aliphatic heterocycles. The summed E-state index contributed by atoms with van der Waals surface area (Å²) >= 11 is 11.6. The molecule has 0 N–H and O–H groups in total. The average Bonchev–Trinajstić information content (AvgIpc) is 2.34. The van der Waals surface area contributed by atoms with Crippen molar-refractivity contribution in [3.8, 4) is 11.6 Å². The number of halogens is 2. The van der Waals surface area contributed by atoms with Crippen molar-refractivity contribution in [3.63, 3.8) is 0 Å². The van der Waals surface area contributed by atoms with Gasteiger partial charge in [-0.25, -0.2) is 4.98 Å². The number of hydrogen-bond acceptors (Lipinski definition) is 3. The van der Waals surface area contributed by atoms with E-state index < -0.39 is 0 Å². The Morgan fingerprint density at radius 2 is 2.12 bits per heavy atom. The second-order valence-electron chi connectivity index (χ2n) is 3.49. The molecule has 2 aromatic rings. The van der Waals surface area contributed by atoms with Gasteiger partial charge < -0.3 is 4.74 Å². The maximum absolute atomic E-state index is 5.90. The molecule has 0 bridgehead atoms. The number of ether oxygens (including phenoxy) is 1. The summed E-state index contributed by atoms with van der Waals surface area (Å²) < 4.78 is 5.62. The Balaban J connectivity index is 2.27. The Bertz CT molecular complexity index is 532. The van der Waals surface area contributed by atoms with Gasteiger partial charge in [-0.05, 0) is 24.6 Å². The summed E-state index contributed by atoms with van der Waals surface area (Å²) in [6.07, 6.45) is 3.14. The molecule has 1 aromatic carbocycles. The molecule has 0 aliphatic rings. The van der Waals surface area contributed by atoms with Gasteiger partial charge in [0.1, 0.15) is 5.75 Å². The van der Waals surface area contributed by atoms with Gasteiger partial charge in [-0.1, -0.05) is 17.7 Å². The quantitative estimate of drug-likeness (QED) is 0.791. The largest absolute Gasteiger partial charge is 0.437 e. The fourth-order valence-corrected chi connectivity index (χ4v) is 1.59. The molecule has 2 rings (SSSR count). The van der Waals surface area contributed by atoms with Crippen LogP contribution in [0.2, 0.25) is 5.02 Å². The van der Waals surface area contributed by atoms with Crippen LogP contribution in [0.5, 0.6) is 11.6 Å². The lowest BCUT2D eigenvalue weighted by molar-refractivity contribution is 0.455. The first-order chi connectivity index (χ1) is 8.19. The van der Waals surface area contributed by atoms with E-state index in [9.17, 15) is 0 Å². The van der Waals surface area contributed by atoms with E-state index in [2.05, 4.69) is 9.97 Å². The average molecular weight is 269 g/mol. The lowest BCUT2D eigenvalue weighted by atomic mass is 10.2. The zero-order chi connectivity index (χ0) is 12.3. The highest BCUT2D eigenvalue weighted by Gasteiger charge is 2.04. The molecule has 1 aromatic heterocycles. The first-order valence-electron chi connectivity index (χ1n) is 5.00. The van der Waals surface area contributed by atoms with Crippen molar-refractivity contribution in [3.05, 3.63) is 46.9 Å². The molecule has 0 amide bonds. The van der Waals surface area contributed by atoms with Crippen molar-refractivity contribution in [2.45, 2.75) is 12.8 Å². The van der Waals surface area contributed by atoms with Crippen LogP contribution < -0.4 is 4.74 Å². The summed E-state index contributed by atoms with van der Waals surface area (Å²) in [7, 11) is 0. The molecule has 0 fully saturated rings. The van der Waals surface area contributed by atoms with Crippen LogP contribution in [-0.2, 0) is 5.88 Å². The van der Waals surface area contributed by atoms with Crippen molar-refractivity contribution in [1.29, 1.82) is 0 Å². The number of aryl methyl sites for hydroxylation is 1. The van der Waals surface area contributed by atoms with E-state index in [0.29, 0.717) is 28.2 Å². The molecule has 0 saturated heterocycles. The van der Waals surface area contributed by atoms with E-state index in [-0.39, 0.29) is 0 Å². The number of hydrogen-bond donors (Lipinski definition) is 0. The monoisotopic (exact) mass is 268 g/mol. The van der Waals surface area contributed by atoms with Gasteiger partial charge in [0.2, 0.25) is 5.88 Å². The van der Waals surface area contributed by atoms with E-state index in [1.54, 1.807) is 12.3 Å². The molecular formula is C12H10Cl2N2O. The summed E-state index contributed by atoms with van der Waals surface area (Å²) in [5.41, 5.74) is 1.65. The summed E-state index contributed by atoms with van der Waals surface area (Å²) in [5, 5.41) is 0.618. The van der Waals surface area contributed by atoms with Crippen molar-refractivity contribution < 1.29 is 4.74 Å². The Morgan fingerprint density at radius 3 is 2.88 bits per heavy atom. The van der Waals surface area contributed by atoms with Gasteiger partial charge >= 0.3 is 0 Å². The van der Waals surface area contributed by atoms with Gasteiger partial charge in [-0.2, -0.15) is 0 Å². The highest BCUT2D eigenvalue weighted by Crippen LogP contribution is 2.26. The van der Waals surface area contributed by atoms with Crippen molar-refractivity contribution in [2.24, 2.45) is 0 Å². The van der Waals surface area contributed by atoms with Gasteiger partial charge in [-0.15, -0.1) is 11.6 Å². The molecule has 17 heavy (non-hydrogen) atoms. The second kappa shape index (κ2) is 5.34. The minimum Gasteiger partial charge on any atom is -0.437 e. The standard InChI is InChI=1S/C12H10Cl2N2O/c1-8-2-3-9(14)4-11(8)17-12-7-15-6-10(5-13)16-12/h2-4,6-7H,5H2,1H3. The van der Waals surface area contributed by atoms with E-state index >= 15 is 0 Å². The van der Waals surface area contributed by atoms with Crippen LogP contribution >= 0.6 is 23.2 Å². The zero-order valence-corrected chi connectivity index (χ0v) is 10.7. The summed E-state index contributed by atoms with van der Waals surface area (Å²) in [5.74, 6) is 1.38. The molecule has 1 heterocycles. The lowest BCUT2D eigenvalue weighted by Gasteiger charge is -2.08. The zero-order valence-electron chi connectivity index (χ0n) is 9.15. The second-order valence-corrected chi connectivity index (χ2v) is 4.20. The molecule has 0 unspecified atom stereocenters. The Kier molecular flexibility index (Phi) is 3.82. The molecule has 0 spiro atoms. The summed E-state index contributed by atoms with van der Waals surface area (Å²) in [6, 6.07) is 5.44. The molecule has 88 valence electrons. The topological polar surface area (TPSA) is 35.0 Å². The van der Waals surface area contributed by atoms with Gasteiger partial charge in [0, 0.05) is 11.2 Å². The van der Waals surface area contributed by atoms with Crippen LogP contribution in [0.25, 0.3) is 0 Å². The Hall–Kier alpha value is -1.32. The molecule has 3 nitrogen and oxygen atoms in total. The third-order valence-corrected chi connectivity index (χ3v) is 2.67. The summed E-state index contributed by atoms with van der Waals surface area (Å²) in [4.78, 5) is 8.20. The van der Waals surface area contributed by atoms with Gasteiger partial charge in [-0.3, -0.25) is 4.98 Å². The number of aromatic nitrogens is 2. The van der Waals surface area contributed by atoms with Crippen LogP contribution in [0.3, 0.4) is 0 Å². The molecular weight excluding hydrogens is 259 g/mol. The van der Waals surface area contributed by atoms with E-state index in [1.165, 1.54) is 6.20 Å². The SMILES string of the molecule is Cc1ccc(Cl)cc1Oc1cncc(CCl)n1. The van der Waals surface area contributed by atoms with Crippen LogP contribution in [0.1, 0.15) is 11.3 Å². The van der Waals surface area contributed by atoms with Gasteiger partial charge in [0.15, 0.2) is 0 Å². The molecule has 0 saturated carbocycles. The molecule has 0 atom stereocenters. The first-order valence-corrected chi connectivity index (χ1v) is 5.91. The fraction of sp³-hybridized carbons (Fsp3) is 0.167. The molecule has 0 radical (unpaired) electrons. The van der Waals surface area contributed by atoms with Crippen molar-refractivity contribution in [2.75, 3.05) is 0 Å². The number of alkyl halides is 1. The first kappa shape index (κ1) is 12.1. The van der Waals surface area contributed by atoms with Crippen LogP contribution in [0.15, 0.2) is 30.6 Å². The van der Waals surface area contributed by atoms with Crippen LogP contribution in [0.4, 0.5) is 0 Å². The van der Waals surface area contributed by atoms with Gasteiger partial charge in [0.05, 0.1) is 17.8 Å². The lowest BCUT2D eigenvalue weighted by Crippen LogP contribution is -1.94. The minimum atomic E-state index is 0.304. The predicted octanol–water partition coefficient (Wildman–Crippen LogP) is 3.97. The van der Waals surface area contributed by atoms with E-state index in [1.807, 2.05) is 19.1 Å². The third kappa shape index (κ3) is 3.08. The fourth-order valence-electron chi connectivity index (χ4n) is 1.30. The smallest absolute Gasteiger partial charge is 0.238 e. The van der Waals surface area contributed by atoms with E-state index in [0.717, 1.165) is 5.56 Å². The maximum atomic E-state index is 5.90. The minimum absolute atomic E-state index is 0.304. The van der Waals surface area contributed by atoms with Crippen LogP contribution in [-0.4, -0.2) is 9.97 Å². The number of rotatable bonds is 3. The molecule has 0 aliphatic carbocycles. The maximum Gasteiger partial charge on any atom is 0.238 e. The third-order valence-electron chi connectivity index (χ3n) is 2.16. The van der Waals surface area contributed by atoms with E-state index in [4.69, 9.17) is 27.9 Å². The molecule has 5 heteroatoms. The highest BCUT2D eigenvalue weighted by atomic mass is 35.5. The predicted molar refractivity (Wildman–Crippen MR) is 67.9 cm³/mol. The Labute approximate surface area is 109 Å². The van der Waals surface area contributed by atoms with Crippen molar-refractivity contribution >= 4 is 23.2 Å². The normalized spacial score (nSPS) is 10.3. The summed E-state index contributed by atoms with van der Waals surface area (Å²) in [6.45, 7) is 1.94. The highest BCUT2D eigenvalue weighted by molar-refractivity contribution is 6.30. The van der Waals surface area contributed by atoms with Gasteiger partial charge in [0.25, 0.3) is 0 Å².